The summed E-state index contributed by atoms with van der Waals surface area (Å²) in [5, 5.41) is 0. The van der Waals surface area contributed by atoms with E-state index in [1.807, 2.05) is 0 Å². The topological polar surface area (TPSA) is 0 Å². The Morgan fingerprint density at radius 2 is 1.25 bits per heavy atom. The maximum atomic E-state index is 2.22. The molecule has 0 radical (unpaired) electrons. The molecule has 0 heterocycles. The Labute approximate surface area is 54.9 Å². The Bertz CT molecular complexity index is 72.5. The lowest BCUT2D eigenvalue weighted by molar-refractivity contribution is 1.78. The van der Waals surface area contributed by atoms with Crippen LogP contribution in [-0.2, 0) is 0 Å². The SMILES string of the molecule is C/C=C\PP/C=C\C. The van der Waals surface area contributed by atoms with E-state index in [0.29, 0.717) is 0 Å². The Balaban J connectivity index is 2.93. The van der Waals surface area contributed by atoms with E-state index in [0.717, 1.165) is 16.5 Å². The van der Waals surface area contributed by atoms with Gasteiger partial charge in [-0.25, -0.2) is 0 Å². The Kier molecular flexibility index (Phi) is 7.65. The summed E-state index contributed by atoms with van der Waals surface area (Å²) in [6.07, 6.45) is 4.21. The van der Waals surface area contributed by atoms with Crippen LogP contribution in [0.4, 0.5) is 0 Å². The maximum absolute atomic E-state index is 2.22. The monoisotopic (exact) mass is 146 g/mol. The minimum atomic E-state index is 0.999. The van der Waals surface area contributed by atoms with Crippen LogP contribution in [0.15, 0.2) is 23.8 Å². The van der Waals surface area contributed by atoms with Gasteiger partial charge in [-0.05, 0) is 13.8 Å². The van der Waals surface area contributed by atoms with Gasteiger partial charge in [0, 0.05) is 0 Å². The average molecular weight is 146 g/mol. The average Bonchev–Trinajstić information content (AvgIpc) is 1.81. The Morgan fingerprint density at radius 3 is 1.50 bits per heavy atom. The van der Waals surface area contributed by atoms with Crippen LogP contribution >= 0.6 is 16.5 Å². The molecule has 0 nitrogen and oxygen atoms in total. The molecule has 0 amide bonds. The number of allylic oxidation sites excluding steroid dienone is 2. The molecule has 0 rings (SSSR count). The second-order valence-electron chi connectivity index (χ2n) is 1.29. The van der Waals surface area contributed by atoms with Gasteiger partial charge in [-0.3, -0.25) is 0 Å². The lowest BCUT2D eigenvalue weighted by Crippen LogP contribution is -1.32. The molecule has 0 bridgehead atoms. The summed E-state index contributed by atoms with van der Waals surface area (Å²) in [6, 6.07) is 0. The Morgan fingerprint density at radius 1 is 0.875 bits per heavy atom. The maximum Gasteiger partial charge on any atom is -0.0466 e. The van der Waals surface area contributed by atoms with Crippen molar-refractivity contribution in [2.75, 3.05) is 0 Å². The van der Waals surface area contributed by atoms with E-state index in [-0.39, 0.29) is 0 Å². The summed E-state index contributed by atoms with van der Waals surface area (Å²) in [5.41, 5.74) is 0. The van der Waals surface area contributed by atoms with Crippen molar-refractivity contribution in [2.45, 2.75) is 13.8 Å². The van der Waals surface area contributed by atoms with Gasteiger partial charge >= 0.3 is 0 Å². The predicted octanol–water partition coefficient (Wildman–Crippen LogP) is 3.33. The van der Waals surface area contributed by atoms with E-state index in [2.05, 4.69) is 37.6 Å². The second kappa shape index (κ2) is 7.34. The fourth-order valence-electron chi connectivity index (χ4n) is 0.263. The van der Waals surface area contributed by atoms with Gasteiger partial charge in [0.1, 0.15) is 0 Å². The van der Waals surface area contributed by atoms with Gasteiger partial charge in [0.25, 0.3) is 0 Å². The minimum Gasteiger partial charge on any atom is -0.0871 e. The summed E-state index contributed by atoms with van der Waals surface area (Å²) in [7, 11) is 2.00. The first-order valence-corrected chi connectivity index (χ1v) is 5.80. The van der Waals surface area contributed by atoms with Crippen molar-refractivity contribution >= 4 is 16.5 Å². The molecule has 2 unspecified atom stereocenters. The van der Waals surface area contributed by atoms with Crippen LogP contribution < -0.4 is 0 Å². The van der Waals surface area contributed by atoms with Crippen molar-refractivity contribution in [3.05, 3.63) is 23.8 Å². The van der Waals surface area contributed by atoms with Crippen molar-refractivity contribution in [1.82, 2.24) is 0 Å². The first-order chi connectivity index (χ1) is 3.91. The second-order valence-corrected chi connectivity index (χ2v) is 4.26. The number of rotatable bonds is 3. The minimum absolute atomic E-state index is 0.999. The highest BCUT2D eigenvalue weighted by Crippen LogP contribution is 2.38. The smallest absolute Gasteiger partial charge is 0.0466 e. The Hall–Kier alpha value is 0.340. The lowest BCUT2D eigenvalue weighted by atomic mass is 10.8. The van der Waals surface area contributed by atoms with Gasteiger partial charge in [-0.2, -0.15) is 0 Å². The molecular formula is C6H12P2. The third kappa shape index (κ3) is 6.34. The molecular weight excluding hydrogens is 134 g/mol. The van der Waals surface area contributed by atoms with E-state index in [1.54, 1.807) is 0 Å². The van der Waals surface area contributed by atoms with Crippen LogP contribution in [-0.4, -0.2) is 0 Å². The van der Waals surface area contributed by atoms with E-state index < -0.39 is 0 Å². The molecule has 0 aliphatic rings. The van der Waals surface area contributed by atoms with Gasteiger partial charge in [-0.1, -0.05) is 40.3 Å². The molecule has 46 valence electrons. The van der Waals surface area contributed by atoms with Crippen LogP contribution in [0.25, 0.3) is 0 Å². The molecule has 0 aromatic rings. The molecule has 0 aliphatic carbocycles. The van der Waals surface area contributed by atoms with Crippen molar-refractivity contribution in [3.8, 4) is 0 Å². The zero-order valence-corrected chi connectivity index (χ0v) is 7.31. The summed E-state index contributed by atoms with van der Waals surface area (Å²) in [5.74, 6) is 4.44. The number of hydrogen-bond acceptors (Lipinski definition) is 0. The number of hydrogen-bond donors (Lipinski definition) is 0. The third-order valence-electron chi connectivity index (χ3n) is 0.583. The summed E-state index contributed by atoms with van der Waals surface area (Å²) < 4.78 is 0. The van der Waals surface area contributed by atoms with Crippen molar-refractivity contribution in [3.63, 3.8) is 0 Å². The van der Waals surface area contributed by atoms with Crippen molar-refractivity contribution in [1.29, 1.82) is 0 Å². The molecule has 8 heavy (non-hydrogen) atoms. The molecule has 2 heteroatoms. The normalized spacial score (nSPS) is 14.8. The molecule has 0 aromatic carbocycles. The van der Waals surface area contributed by atoms with E-state index in [4.69, 9.17) is 0 Å². The van der Waals surface area contributed by atoms with E-state index in [1.165, 1.54) is 0 Å². The van der Waals surface area contributed by atoms with Gasteiger partial charge in [0.05, 0.1) is 0 Å². The molecule has 0 saturated carbocycles. The van der Waals surface area contributed by atoms with Crippen LogP contribution in [0.2, 0.25) is 0 Å². The summed E-state index contributed by atoms with van der Waals surface area (Å²) in [4.78, 5) is 0. The highest BCUT2D eigenvalue weighted by Gasteiger charge is 1.69. The summed E-state index contributed by atoms with van der Waals surface area (Å²) >= 11 is 0. The van der Waals surface area contributed by atoms with E-state index >= 15 is 0 Å². The molecule has 0 saturated heterocycles. The zero-order valence-electron chi connectivity index (χ0n) is 5.31. The van der Waals surface area contributed by atoms with Crippen LogP contribution in [0.3, 0.4) is 0 Å². The standard InChI is InChI=1S/C6H12P2/c1-3-5-7-8-6-4-2/h3-8H,1-2H3/b5-3-,6-4-. The van der Waals surface area contributed by atoms with Crippen LogP contribution in [0.5, 0.6) is 0 Å². The highest BCUT2D eigenvalue weighted by molar-refractivity contribution is 8.14. The fourth-order valence-corrected chi connectivity index (χ4v) is 2.37. The fraction of sp³-hybridized carbons (Fsp3) is 0.333. The van der Waals surface area contributed by atoms with Gasteiger partial charge < -0.3 is 0 Å². The zero-order chi connectivity index (χ0) is 6.24. The first-order valence-electron chi connectivity index (χ1n) is 2.65. The van der Waals surface area contributed by atoms with Crippen molar-refractivity contribution < 1.29 is 0 Å². The highest BCUT2D eigenvalue weighted by atomic mass is 32.0. The van der Waals surface area contributed by atoms with Gasteiger partial charge in [0.2, 0.25) is 0 Å². The van der Waals surface area contributed by atoms with E-state index in [9.17, 15) is 0 Å². The van der Waals surface area contributed by atoms with Gasteiger partial charge in [0.15, 0.2) is 0 Å². The first kappa shape index (κ1) is 8.34. The molecule has 0 fully saturated rings. The molecule has 0 aliphatic heterocycles. The molecule has 2 atom stereocenters. The van der Waals surface area contributed by atoms with Crippen LogP contribution in [0.1, 0.15) is 13.8 Å². The quantitative estimate of drug-likeness (QED) is 0.423. The molecule has 0 spiro atoms. The third-order valence-corrected chi connectivity index (χ3v) is 3.25. The summed E-state index contributed by atoms with van der Waals surface area (Å²) in [6.45, 7) is 4.13. The van der Waals surface area contributed by atoms with Crippen LogP contribution in [0, 0.1) is 0 Å². The van der Waals surface area contributed by atoms with Gasteiger partial charge in [-0.15, -0.1) is 0 Å². The largest absolute Gasteiger partial charge is 0.0871 e. The lowest BCUT2D eigenvalue weighted by Gasteiger charge is -1.82. The molecule has 0 N–H and O–H groups in total. The molecule has 0 aromatic heterocycles. The van der Waals surface area contributed by atoms with Crippen molar-refractivity contribution in [2.24, 2.45) is 0 Å². The predicted molar refractivity (Wildman–Crippen MR) is 46.3 cm³/mol.